The van der Waals surface area contributed by atoms with Gasteiger partial charge in [-0.05, 0) is 38.1 Å². The number of rotatable bonds is 7. The van der Waals surface area contributed by atoms with Crippen LogP contribution in [0.4, 0.5) is 0 Å². The molecule has 4 nitrogen and oxygen atoms in total. The first kappa shape index (κ1) is 19.8. The second kappa shape index (κ2) is 10.5. The maximum atomic E-state index is 5.33. The highest BCUT2D eigenvalue weighted by Crippen LogP contribution is 2.15. The lowest BCUT2D eigenvalue weighted by atomic mass is 10.3. The minimum absolute atomic E-state index is 0. The third-order valence-electron chi connectivity index (χ3n) is 2.99. The van der Waals surface area contributed by atoms with Crippen LogP contribution < -0.4 is 10.6 Å². The molecule has 2 rings (SSSR count). The van der Waals surface area contributed by atoms with E-state index in [1.807, 2.05) is 19.1 Å². The Morgan fingerprint density at radius 2 is 2.13 bits per heavy atom. The second-order valence-corrected chi connectivity index (χ2v) is 6.62. The van der Waals surface area contributed by atoms with Crippen molar-refractivity contribution >= 4 is 41.3 Å². The fraction of sp³-hybridized carbons (Fsp3) is 0.353. The molecule has 0 atom stereocenters. The van der Waals surface area contributed by atoms with Crippen molar-refractivity contribution in [3.8, 4) is 0 Å². The lowest BCUT2D eigenvalue weighted by Gasteiger charge is -2.12. The Bertz CT molecular complexity index is 620. The van der Waals surface area contributed by atoms with Gasteiger partial charge in [-0.1, -0.05) is 12.2 Å². The van der Waals surface area contributed by atoms with E-state index in [1.165, 1.54) is 9.75 Å². The summed E-state index contributed by atoms with van der Waals surface area (Å²) in [7, 11) is 0. The van der Waals surface area contributed by atoms with E-state index in [1.54, 1.807) is 17.6 Å². The third kappa shape index (κ3) is 7.69. The molecule has 2 N–H and O–H groups in total. The number of nitrogens with zero attached hydrogens (tertiary/aromatic N) is 1. The van der Waals surface area contributed by atoms with Crippen LogP contribution in [0.1, 0.15) is 22.4 Å². The van der Waals surface area contributed by atoms with E-state index in [9.17, 15) is 0 Å². The summed E-state index contributed by atoms with van der Waals surface area (Å²) in [4.78, 5) is 7.21. The Balaban J connectivity index is 0.00000264. The van der Waals surface area contributed by atoms with Crippen LogP contribution in [0.15, 0.2) is 52.1 Å². The van der Waals surface area contributed by atoms with Gasteiger partial charge in [-0.25, -0.2) is 4.99 Å². The molecule has 0 bridgehead atoms. The van der Waals surface area contributed by atoms with E-state index in [0.717, 1.165) is 36.8 Å². The quantitative estimate of drug-likeness (QED) is 0.292. The summed E-state index contributed by atoms with van der Waals surface area (Å²) in [5, 5.41) is 6.62. The van der Waals surface area contributed by atoms with Gasteiger partial charge in [-0.15, -0.1) is 35.3 Å². The highest BCUT2D eigenvalue weighted by atomic mass is 127. The molecular weight excluding hydrogens is 421 g/mol. The minimum Gasteiger partial charge on any atom is -0.469 e. The Morgan fingerprint density at radius 1 is 1.30 bits per heavy atom. The van der Waals surface area contributed by atoms with Gasteiger partial charge in [0.05, 0.1) is 12.8 Å². The Morgan fingerprint density at radius 3 is 2.74 bits per heavy atom. The van der Waals surface area contributed by atoms with Crippen LogP contribution >= 0.6 is 35.3 Å². The molecular formula is C17H24IN3OS. The summed E-state index contributed by atoms with van der Waals surface area (Å²) in [6.07, 6.45) is 2.53. The summed E-state index contributed by atoms with van der Waals surface area (Å²) in [5.74, 6) is 1.78. The van der Waals surface area contributed by atoms with E-state index < -0.39 is 0 Å². The van der Waals surface area contributed by atoms with Crippen LogP contribution in [0, 0.1) is 6.92 Å². The fourth-order valence-corrected chi connectivity index (χ4v) is 2.71. The summed E-state index contributed by atoms with van der Waals surface area (Å²) in [6.45, 7) is 10.2. The largest absolute Gasteiger partial charge is 0.469 e. The highest BCUT2D eigenvalue weighted by molar-refractivity contribution is 14.0. The van der Waals surface area contributed by atoms with Crippen LogP contribution in [0.2, 0.25) is 0 Å². The molecule has 2 aromatic heterocycles. The standard InChI is InChI=1S/C17H23N3OS.HI/c1-13(2)11-19-17(18-9-8-15-5-4-10-21-15)20-12-16-7-6-14(3)22-16;/h4-7,10H,1,8-9,11-12H2,2-3H3,(H2,18,19,20);1H. The summed E-state index contributed by atoms with van der Waals surface area (Å²) >= 11 is 1.78. The van der Waals surface area contributed by atoms with Crippen molar-refractivity contribution in [3.63, 3.8) is 0 Å². The van der Waals surface area contributed by atoms with Gasteiger partial charge in [-0.3, -0.25) is 0 Å². The van der Waals surface area contributed by atoms with Crippen LogP contribution in [0.5, 0.6) is 0 Å². The predicted molar refractivity (Wildman–Crippen MR) is 109 cm³/mol. The van der Waals surface area contributed by atoms with Crippen LogP contribution in [-0.2, 0) is 13.0 Å². The average Bonchev–Trinajstić information content (AvgIpc) is 3.12. The molecule has 0 radical (unpaired) electrons. The first-order chi connectivity index (χ1) is 10.6. The van der Waals surface area contributed by atoms with Crippen LogP contribution in [0.3, 0.4) is 0 Å². The average molecular weight is 445 g/mol. The zero-order valence-electron chi connectivity index (χ0n) is 13.6. The van der Waals surface area contributed by atoms with E-state index in [4.69, 9.17) is 4.42 Å². The van der Waals surface area contributed by atoms with Gasteiger partial charge in [0.1, 0.15) is 5.76 Å². The molecule has 0 saturated carbocycles. The van der Waals surface area contributed by atoms with Crippen molar-refractivity contribution < 1.29 is 4.42 Å². The lowest BCUT2D eigenvalue weighted by Crippen LogP contribution is -2.39. The van der Waals surface area contributed by atoms with Crippen LogP contribution in [-0.4, -0.2) is 19.0 Å². The van der Waals surface area contributed by atoms with Crippen molar-refractivity contribution in [1.29, 1.82) is 0 Å². The molecule has 0 aliphatic rings. The number of guanidine groups is 1. The summed E-state index contributed by atoms with van der Waals surface area (Å²) in [6, 6.07) is 8.14. The molecule has 0 aliphatic carbocycles. The molecule has 0 fully saturated rings. The zero-order chi connectivity index (χ0) is 15.8. The van der Waals surface area contributed by atoms with Gasteiger partial charge in [0.2, 0.25) is 0 Å². The summed E-state index contributed by atoms with van der Waals surface area (Å²) < 4.78 is 5.33. The van der Waals surface area contributed by atoms with E-state index in [-0.39, 0.29) is 24.0 Å². The molecule has 23 heavy (non-hydrogen) atoms. The number of halogens is 1. The molecule has 0 amide bonds. The molecule has 0 unspecified atom stereocenters. The van der Waals surface area contributed by atoms with E-state index in [2.05, 4.69) is 41.3 Å². The molecule has 2 heterocycles. The normalized spacial score (nSPS) is 11.0. The van der Waals surface area contributed by atoms with Crippen LogP contribution in [0.25, 0.3) is 0 Å². The van der Waals surface area contributed by atoms with Gasteiger partial charge < -0.3 is 15.1 Å². The minimum atomic E-state index is 0. The van der Waals surface area contributed by atoms with Crippen molar-refractivity contribution in [2.75, 3.05) is 13.1 Å². The topological polar surface area (TPSA) is 49.6 Å². The Hall–Kier alpha value is -1.28. The van der Waals surface area contributed by atoms with Gasteiger partial charge >= 0.3 is 0 Å². The molecule has 0 aromatic carbocycles. The monoisotopic (exact) mass is 445 g/mol. The number of hydrogen-bond acceptors (Lipinski definition) is 3. The molecule has 0 saturated heterocycles. The fourth-order valence-electron chi connectivity index (χ4n) is 1.89. The van der Waals surface area contributed by atoms with Crippen molar-refractivity contribution in [2.45, 2.75) is 26.8 Å². The number of furan rings is 1. The maximum Gasteiger partial charge on any atom is 0.191 e. The second-order valence-electron chi connectivity index (χ2n) is 5.24. The van der Waals surface area contributed by atoms with Crippen molar-refractivity contribution in [1.82, 2.24) is 10.6 Å². The third-order valence-corrected chi connectivity index (χ3v) is 3.98. The smallest absolute Gasteiger partial charge is 0.191 e. The Labute approximate surface area is 159 Å². The number of nitrogens with one attached hydrogen (secondary N) is 2. The maximum absolute atomic E-state index is 5.33. The predicted octanol–water partition coefficient (Wildman–Crippen LogP) is 4.12. The van der Waals surface area contributed by atoms with Gasteiger partial charge in [-0.2, -0.15) is 0 Å². The van der Waals surface area contributed by atoms with Gasteiger partial charge in [0, 0.05) is 29.3 Å². The SMILES string of the molecule is C=C(C)CNC(=NCc1ccc(C)s1)NCCc1ccco1.I. The molecule has 6 heteroatoms. The first-order valence-electron chi connectivity index (χ1n) is 7.38. The number of thiophene rings is 1. The zero-order valence-corrected chi connectivity index (χ0v) is 16.7. The highest BCUT2D eigenvalue weighted by Gasteiger charge is 2.01. The van der Waals surface area contributed by atoms with E-state index in [0.29, 0.717) is 6.54 Å². The molecule has 126 valence electrons. The summed E-state index contributed by atoms with van der Waals surface area (Å²) in [5.41, 5.74) is 1.08. The Kier molecular flexibility index (Phi) is 9.01. The van der Waals surface area contributed by atoms with Gasteiger partial charge in [0.25, 0.3) is 0 Å². The van der Waals surface area contributed by atoms with Crippen molar-refractivity contribution in [2.24, 2.45) is 4.99 Å². The molecule has 2 aromatic rings. The number of aryl methyl sites for hydroxylation is 1. The van der Waals surface area contributed by atoms with E-state index >= 15 is 0 Å². The number of hydrogen-bond donors (Lipinski definition) is 2. The van der Waals surface area contributed by atoms with Gasteiger partial charge in [0.15, 0.2) is 5.96 Å². The number of aliphatic imine (C=N–C) groups is 1. The lowest BCUT2D eigenvalue weighted by molar-refractivity contribution is 0.507. The molecule has 0 aliphatic heterocycles. The molecule has 0 spiro atoms. The first-order valence-corrected chi connectivity index (χ1v) is 8.19. The van der Waals surface area contributed by atoms with Crippen molar-refractivity contribution in [3.05, 3.63) is 58.2 Å².